The molecule has 0 aliphatic heterocycles. The largest absolute Gasteiger partial charge is 0.472 e. The molecule has 5 fully saturated rings. The highest BCUT2D eigenvalue weighted by Gasteiger charge is 2.72. The topological polar surface area (TPSA) is 180 Å². The molecule has 2 unspecified atom stereocenters. The van der Waals surface area contributed by atoms with E-state index in [1.54, 1.807) is 0 Å². The standard InChI is InChI=1S/C30H53O11PS/c1-14(2)16(4)17-12-15(3)22-18(13-17)28(40-42(34,35)39-7)23-21-19(8-10-30(22,23)6)29(5)11-9-20(41-43(36,37)38)25(31)24(29)27(33)26(21)32/h14-28,31-33H,8-13H2,1-7H3,(H,34,35)(H,36,37,38)/t15-,16+,17+,18+,19+,20?,21-,22+,23-,24-,25+,26-,27+,28-,29-,30-/m1/s1. The minimum absolute atomic E-state index is 0.0290. The molecule has 5 aliphatic rings. The predicted molar refractivity (Wildman–Crippen MR) is 158 cm³/mol. The van der Waals surface area contributed by atoms with Crippen LogP contribution in [0.2, 0.25) is 0 Å². The van der Waals surface area contributed by atoms with Crippen LogP contribution >= 0.6 is 7.82 Å². The van der Waals surface area contributed by atoms with Crippen molar-refractivity contribution in [3.63, 3.8) is 0 Å². The van der Waals surface area contributed by atoms with Crippen molar-refractivity contribution >= 4 is 18.2 Å². The van der Waals surface area contributed by atoms with Crippen LogP contribution in [0.5, 0.6) is 0 Å². The van der Waals surface area contributed by atoms with Gasteiger partial charge >= 0.3 is 18.2 Å². The summed E-state index contributed by atoms with van der Waals surface area (Å²) < 4.78 is 61.2. The van der Waals surface area contributed by atoms with Crippen molar-refractivity contribution in [1.29, 1.82) is 0 Å². The normalized spacial score (nSPS) is 52.0. The van der Waals surface area contributed by atoms with Crippen LogP contribution in [0.3, 0.4) is 0 Å². The second-order valence-electron chi connectivity index (χ2n) is 15.6. The lowest BCUT2D eigenvalue weighted by atomic mass is 9.42. The van der Waals surface area contributed by atoms with E-state index in [1.807, 2.05) is 6.92 Å². The number of phosphoric acid groups is 1. The van der Waals surface area contributed by atoms with E-state index >= 15 is 0 Å². The van der Waals surface area contributed by atoms with Crippen LogP contribution in [0.1, 0.15) is 80.1 Å². The molecule has 0 aromatic heterocycles. The van der Waals surface area contributed by atoms with Crippen molar-refractivity contribution < 1.29 is 51.0 Å². The van der Waals surface area contributed by atoms with Crippen LogP contribution in [0.4, 0.5) is 0 Å². The van der Waals surface area contributed by atoms with E-state index in [2.05, 4.69) is 34.6 Å². The third kappa shape index (κ3) is 5.61. The number of rotatable bonds is 7. The van der Waals surface area contributed by atoms with Gasteiger partial charge in [-0.25, -0.2) is 8.75 Å². The summed E-state index contributed by atoms with van der Waals surface area (Å²) in [6.07, 6.45) is -2.07. The molecule has 17 atom stereocenters. The Hall–Kier alpha value is -0.140. The molecule has 5 saturated carbocycles. The Morgan fingerprint density at radius 2 is 1.53 bits per heavy atom. The maximum atomic E-state index is 13.1. The van der Waals surface area contributed by atoms with Crippen LogP contribution in [0.15, 0.2) is 0 Å². The minimum atomic E-state index is -4.83. The minimum Gasteiger partial charge on any atom is -0.390 e. The molecular weight excluding hydrogens is 599 g/mol. The van der Waals surface area contributed by atoms with E-state index in [-0.39, 0.29) is 35.5 Å². The Balaban J connectivity index is 1.56. The smallest absolute Gasteiger partial charge is 0.390 e. The van der Waals surface area contributed by atoms with E-state index in [0.29, 0.717) is 30.1 Å². The molecule has 0 spiro atoms. The molecule has 250 valence electrons. The van der Waals surface area contributed by atoms with Crippen molar-refractivity contribution in [3.8, 4) is 0 Å². The number of phosphoric ester groups is 1. The summed E-state index contributed by atoms with van der Waals surface area (Å²) in [7, 11) is -8.09. The SMILES string of the molecule is COP(=O)(O)O[C@@H]1[C@H]2C[C@@H]([C@@H](C)C(C)C)C[C@@H](C)[C@@H]2[C@@]2(C)CC[C@H]3[C@@H]([C@@H](O)[C@@H](O)[C@H]4[C@@H](O)C(OS(=O)(=O)O)CC[C@@]43C)[C@H]12. The van der Waals surface area contributed by atoms with Gasteiger partial charge in [-0.05, 0) is 103 Å². The molecule has 43 heavy (non-hydrogen) atoms. The van der Waals surface area contributed by atoms with Crippen molar-refractivity contribution in [2.45, 2.75) is 111 Å². The number of aliphatic hydroxyl groups is 3. The molecule has 5 N–H and O–H groups in total. The van der Waals surface area contributed by atoms with E-state index in [0.717, 1.165) is 32.8 Å². The zero-order valence-electron chi connectivity index (χ0n) is 26.4. The first kappa shape index (κ1) is 34.2. The monoisotopic (exact) mass is 652 g/mol. The molecular formula is C30H53O11PS. The van der Waals surface area contributed by atoms with Crippen molar-refractivity contribution in [1.82, 2.24) is 0 Å². The molecule has 0 amide bonds. The number of aliphatic hydroxyl groups excluding tert-OH is 3. The lowest BCUT2D eigenvalue weighted by Crippen LogP contribution is -2.68. The summed E-state index contributed by atoms with van der Waals surface area (Å²) in [5.41, 5.74) is -1.02. The molecule has 0 radical (unpaired) electrons. The quantitative estimate of drug-likeness (QED) is 0.198. The molecule has 5 rings (SSSR count). The highest BCUT2D eigenvalue weighted by atomic mass is 32.3. The fourth-order valence-electron chi connectivity index (χ4n) is 11.6. The summed E-state index contributed by atoms with van der Waals surface area (Å²) in [4.78, 5) is 10.7. The second-order valence-corrected chi connectivity index (χ2v) is 18.1. The third-order valence-corrected chi connectivity index (χ3v) is 14.9. The van der Waals surface area contributed by atoms with Gasteiger partial charge in [-0.3, -0.25) is 13.6 Å². The lowest BCUT2D eigenvalue weighted by Gasteiger charge is -2.64. The molecule has 0 bridgehead atoms. The van der Waals surface area contributed by atoms with E-state index < -0.39 is 66.0 Å². The number of hydrogen-bond donors (Lipinski definition) is 5. The Kier molecular flexibility index (Phi) is 9.17. The van der Waals surface area contributed by atoms with Gasteiger partial charge in [0.05, 0.1) is 24.4 Å². The van der Waals surface area contributed by atoms with Gasteiger partial charge in [0.2, 0.25) is 0 Å². The first-order valence-corrected chi connectivity index (χ1v) is 18.9. The zero-order chi connectivity index (χ0) is 32.0. The number of fused-ring (bicyclic) bond motifs is 7. The van der Waals surface area contributed by atoms with E-state index in [4.69, 9.17) is 13.2 Å². The first-order chi connectivity index (χ1) is 19.8. The average molecular weight is 653 g/mol. The summed E-state index contributed by atoms with van der Waals surface area (Å²) in [5.74, 6) is -0.0592. The Morgan fingerprint density at radius 3 is 2.12 bits per heavy atom. The average Bonchev–Trinajstić information content (AvgIpc) is 3.15. The van der Waals surface area contributed by atoms with Crippen LogP contribution in [0.25, 0.3) is 0 Å². The van der Waals surface area contributed by atoms with Gasteiger partial charge in [0.1, 0.15) is 6.10 Å². The van der Waals surface area contributed by atoms with Crippen LogP contribution in [-0.2, 0) is 28.2 Å². The van der Waals surface area contributed by atoms with Crippen molar-refractivity contribution in [3.05, 3.63) is 0 Å². The molecule has 13 heteroatoms. The van der Waals surface area contributed by atoms with Crippen molar-refractivity contribution in [2.24, 2.45) is 70.0 Å². The van der Waals surface area contributed by atoms with Gasteiger partial charge < -0.3 is 20.2 Å². The summed E-state index contributed by atoms with van der Waals surface area (Å²) in [6, 6.07) is 0. The zero-order valence-corrected chi connectivity index (χ0v) is 28.2. The van der Waals surface area contributed by atoms with Crippen LogP contribution in [-0.4, -0.2) is 70.8 Å². The molecule has 0 heterocycles. The van der Waals surface area contributed by atoms with E-state index in [9.17, 15) is 37.7 Å². The fraction of sp³-hybridized carbons (Fsp3) is 1.00. The van der Waals surface area contributed by atoms with Gasteiger partial charge in [-0.1, -0.05) is 41.5 Å². The Morgan fingerprint density at radius 1 is 0.907 bits per heavy atom. The van der Waals surface area contributed by atoms with E-state index in [1.165, 1.54) is 0 Å². The molecule has 0 saturated heterocycles. The predicted octanol–water partition coefficient (Wildman–Crippen LogP) is 4.05. The highest BCUT2D eigenvalue weighted by molar-refractivity contribution is 7.80. The molecule has 5 aliphatic carbocycles. The summed E-state index contributed by atoms with van der Waals surface area (Å²) in [5, 5.41) is 34.9. The Labute approximate surface area is 256 Å². The van der Waals surface area contributed by atoms with Crippen LogP contribution < -0.4 is 0 Å². The van der Waals surface area contributed by atoms with Gasteiger partial charge in [0.25, 0.3) is 0 Å². The second kappa shape index (κ2) is 11.5. The fourth-order valence-corrected chi connectivity index (χ4v) is 12.8. The van der Waals surface area contributed by atoms with Gasteiger partial charge in [0.15, 0.2) is 0 Å². The lowest BCUT2D eigenvalue weighted by molar-refractivity contribution is -0.253. The van der Waals surface area contributed by atoms with Gasteiger partial charge in [0, 0.05) is 13.0 Å². The summed E-state index contributed by atoms with van der Waals surface area (Å²) in [6.45, 7) is 13.2. The maximum Gasteiger partial charge on any atom is 0.472 e. The van der Waals surface area contributed by atoms with Gasteiger partial charge in [-0.15, -0.1) is 0 Å². The summed E-state index contributed by atoms with van der Waals surface area (Å²) >= 11 is 0. The third-order valence-electron chi connectivity index (χ3n) is 13.5. The van der Waals surface area contributed by atoms with Crippen LogP contribution in [0, 0.1) is 70.0 Å². The molecule has 0 aromatic carbocycles. The maximum absolute atomic E-state index is 13.1. The van der Waals surface area contributed by atoms with Crippen molar-refractivity contribution in [2.75, 3.05) is 7.11 Å². The van der Waals surface area contributed by atoms with Gasteiger partial charge in [-0.2, -0.15) is 8.42 Å². The first-order valence-electron chi connectivity index (χ1n) is 16.0. The Bertz CT molecular complexity index is 1200. The molecule has 0 aromatic rings. The highest BCUT2D eigenvalue weighted by Crippen LogP contribution is 2.73. The number of hydrogen-bond acceptors (Lipinski definition) is 9. The molecule has 11 nitrogen and oxygen atoms in total.